The van der Waals surface area contributed by atoms with Crippen LogP contribution in [0, 0.1) is 12.8 Å². The number of amides is 1. The number of aryl methyl sites for hydroxylation is 2. The molecule has 0 unspecified atom stereocenters. The summed E-state index contributed by atoms with van der Waals surface area (Å²) in [7, 11) is -2.25. The van der Waals surface area contributed by atoms with Crippen LogP contribution < -0.4 is 5.32 Å². The number of hydrogen-bond acceptors (Lipinski definition) is 6. The lowest BCUT2D eigenvalue weighted by atomic mass is 10.0. The number of nitrogens with zero attached hydrogens (tertiary/aromatic N) is 4. The summed E-state index contributed by atoms with van der Waals surface area (Å²) >= 11 is 0. The molecule has 0 spiro atoms. The van der Waals surface area contributed by atoms with Gasteiger partial charge in [-0.1, -0.05) is 50.2 Å². The van der Waals surface area contributed by atoms with Crippen LogP contribution in [0.15, 0.2) is 66.1 Å². The Morgan fingerprint density at radius 1 is 1.11 bits per heavy atom. The Kier molecular flexibility index (Phi) is 8.76. The molecule has 0 radical (unpaired) electrons. The largest absolute Gasteiger partial charge is 0.390 e. The van der Waals surface area contributed by atoms with E-state index in [1.165, 1.54) is 16.8 Å². The van der Waals surface area contributed by atoms with Gasteiger partial charge in [0, 0.05) is 32.0 Å². The van der Waals surface area contributed by atoms with Crippen molar-refractivity contribution in [3.63, 3.8) is 0 Å². The number of carbonyl (C=O) groups excluding carboxylic acids is 1. The van der Waals surface area contributed by atoms with Gasteiger partial charge in [0.2, 0.25) is 0 Å². The number of aliphatic hydroxyl groups excluding tert-OH is 1. The Labute approximate surface area is 206 Å². The van der Waals surface area contributed by atoms with Crippen LogP contribution in [0.3, 0.4) is 0 Å². The Morgan fingerprint density at radius 3 is 2.43 bits per heavy atom. The second kappa shape index (κ2) is 11.6. The molecule has 0 aliphatic rings. The lowest BCUT2D eigenvalue weighted by Gasteiger charge is -2.30. The number of sulfonamides is 1. The van der Waals surface area contributed by atoms with Crippen LogP contribution in [0.1, 0.15) is 35.6 Å². The van der Waals surface area contributed by atoms with Gasteiger partial charge in [0.05, 0.1) is 18.5 Å². The number of benzene rings is 1. The fourth-order valence-corrected chi connectivity index (χ4v) is 5.32. The van der Waals surface area contributed by atoms with Crippen molar-refractivity contribution in [1.82, 2.24) is 24.2 Å². The molecular weight excluding hydrogens is 466 g/mol. The average molecular weight is 500 g/mol. The smallest absolute Gasteiger partial charge is 0.270 e. The normalized spacial score (nSPS) is 13.7. The van der Waals surface area contributed by atoms with Crippen LogP contribution in [0.25, 0.3) is 0 Å². The summed E-state index contributed by atoms with van der Waals surface area (Å²) in [5, 5.41) is 14.0. The maximum atomic E-state index is 13.3. The van der Waals surface area contributed by atoms with Crippen molar-refractivity contribution < 1.29 is 18.3 Å². The number of aromatic nitrogens is 3. The van der Waals surface area contributed by atoms with Gasteiger partial charge in [-0.05, 0) is 37.0 Å². The molecule has 0 bridgehead atoms. The zero-order valence-electron chi connectivity index (χ0n) is 20.5. The molecule has 0 saturated heterocycles. The summed E-state index contributed by atoms with van der Waals surface area (Å²) in [5.41, 5.74) is 1.83. The van der Waals surface area contributed by atoms with Gasteiger partial charge in [-0.2, -0.15) is 4.31 Å². The lowest BCUT2D eigenvalue weighted by molar-refractivity contribution is 0.0771. The van der Waals surface area contributed by atoms with Crippen molar-refractivity contribution in [1.29, 1.82) is 0 Å². The number of rotatable bonds is 11. The van der Waals surface area contributed by atoms with E-state index in [2.05, 4.69) is 15.3 Å². The third kappa shape index (κ3) is 7.20. The standard InChI is InChI=1S/C25H33N5O4S/c1-18(2)14-30(35(33,34)24-16-29(4)17-26-24)15-23(31)22(13-20-10-6-5-7-11-20)28-25(32)21-12-8-9-19(3)27-21/h5-12,16-18,22-23,31H,13-15H2,1-4H3,(H,28,32)/t22-,23+/m0/s1. The Morgan fingerprint density at radius 2 is 1.83 bits per heavy atom. The molecule has 0 aliphatic heterocycles. The minimum Gasteiger partial charge on any atom is -0.390 e. The average Bonchev–Trinajstić information content (AvgIpc) is 3.25. The van der Waals surface area contributed by atoms with Crippen LogP contribution in [0.2, 0.25) is 0 Å². The number of nitrogens with one attached hydrogen (secondary N) is 1. The van der Waals surface area contributed by atoms with Gasteiger partial charge < -0.3 is 15.0 Å². The highest BCUT2D eigenvalue weighted by atomic mass is 32.2. The summed E-state index contributed by atoms with van der Waals surface area (Å²) < 4.78 is 29.4. The van der Waals surface area contributed by atoms with Gasteiger partial charge >= 0.3 is 0 Å². The molecule has 2 heterocycles. The molecule has 2 aromatic heterocycles. The Bertz CT molecular complexity index is 1230. The van der Waals surface area contributed by atoms with Crippen molar-refractivity contribution in [2.45, 2.75) is 44.4 Å². The van der Waals surface area contributed by atoms with Crippen LogP contribution >= 0.6 is 0 Å². The molecule has 9 nitrogen and oxygen atoms in total. The van der Waals surface area contributed by atoms with E-state index >= 15 is 0 Å². The number of hydrogen-bond donors (Lipinski definition) is 2. The molecule has 2 atom stereocenters. The first-order valence-corrected chi connectivity index (χ1v) is 12.9. The van der Waals surface area contributed by atoms with Crippen LogP contribution in [-0.4, -0.2) is 63.5 Å². The maximum Gasteiger partial charge on any atom is 0.270 e. The van der Waals surface area contributed by atoms with E-state index in [4.69, 9.17) is 0 Å². The fourth-order valence-electron chi connectivity index (χ4n) is 3.73. The van der Waals surface area contributed by atoms with Gasteiger partial charge in [0.1, 0.15) is 5.69 Å². The minimum absolute atomic E-state index is 0.0133. The highest BCUT2D eigenvalue weighted by Crippen LogP contribution is 2.18. The Balaban J connectivity index is 1.87. The first-order valence-electron chi connectivity index (χ1n) is 11.5. The first kappa shape index (κ1) is 26.5. The highest BCUT2D eigenvalue weighted by molar-refractivity contribution is 7.89. The van der Waals surface area contributed by atoms with E-state index in [0.717, 1.165) is 5.56 Å². The molecule has 1 aromatic carbocycles. The van der Waals surface area contributed by atoms with Crippen LogP contribution in [0.5, 0.6) is 0 Å². The van der Waals surface area contributed by atoms with Crippen LogP contribution in [-0.2, 0) is 23.5 Å². The van der Waals surface area contributed by atoms with Gasteiger partial charge in [-0.3, -0.25) is 4.79 Å². The van der Waals surface area contributed by atoms with E-state index in [0.29, 0.717) is 12.1 Å². The monoisotopic (exact) mass is 499 g/mol. The topological polar surface area (TPSA) is 117 Å². The van der Waals surface area contributed by atoms with E-state index < -0.39 is 28.1 Å². The predicted octanol–water partition coefficient (Wildman–Crippen LogP) is 2.17. The SMILES string of the molecule is Cc1cccc(C(=O)N[C@@H](Cc2ccccc2)[C@H](O)CN(CC(C)C)S(=O)(=O)c2cn(C)cn2)n1. The van der Waals surface area contributed by atoms with E-state index in [1.807, 2.05) is 44.2 Å². The minimum atomic E-state index is -3.95. The summed E-state index contributed by atoms with van der Waals surface area (Å²) in [6.45, 7) is 5.59. The van der Waals surface area contributed by atoms with E-state index in [1.54, 1.807) is 36.7 Å². The molecule has 1 amide bonds. The van der Waals surface area contributed by atoms with Gasteiger partial charge in [0.15, 0.2) is 5.03 Å². The van der Waals surface area contributed by atoms with E-state index in [9.17, 15) is 18.3 Å². The molecular formula is C25H33N5O4S. The van der Waals surface area contributed by atoms with Gasteiger partial charge in [-0.25, -0.2) is 18.4 Å². The molecule has 35 heavy (non-hydrogen) atoms. The van der Waals surface area contributed by atoms with Crippen molar-refractivity contribution in [2.24, 2.45) is 13.0 Å². The third-order valence-corrected chi connectivity index (χ3v) is 7.16. The van der Waals surface area contributed by atoms with Crippen molar-refractivity contribution in [3.8, 4) is 0 Å². The van der Waals surface area contributed by atoms with Crippen molar-refractivity contribution >= 4 is 15.9 Å². The Hall–Kier alpha value is -3.08. The fraction of sp³-hybridized carbons (Fsp3) is 0.400. The van der Waals surface area contributed by atoms with Crippen molar-refractivity contribution in [3.05, 3.63) is 78.0 Å². The van der Waals surface area contributed by atoms with Crippen LogP contribution in [0.4, 0.5) is 0 Å². The number of imidazole rings is 1. The molecule has 0 fully saturated rings. The summed E-state index contributed by atoms with van der Waals surface area (Å²) in [4.78, 5) is 21.2. The molecule has 0 aliphatic carbocycles. The molecule has 188 valence electrons. The first-order chi connectivity index (χ1) is 16.6. The molecule has 10 heteroatoms. The summed E-state index contributed by atoms with van der Waals surface area (Å²) in [6, 6.07) is 13.8. The zero-order chi connectivity index (χ0) is 25.6. The second-order valence-corrected chi connectivity index (χ2v) is 11.0. The van der Waals surface area contributed by atoms with Crippen molar-refractivity contribution in [2.75, 3.05) is 13.1 Å². The molecule has 3 aromatic rings. The molecule has 0 saturated carbocycles. The number of aliphatic hydroxyl groups is 1. The quantitative estimate of drug-likeness (QED) is 0.418. The molecule has 3 rings (SSSR count). The summed E-state index contributed by atoms with van der Waals surface area (Å²) in [5.74, 6) is -0.420. The third-order valence-electron chi connectivity index (χ3n) is 5.45. The predicted molar refractivity (Wildman–Crippen MR) is 133 cm³/mol. The summed E-state index contributed by atoms with van der Waals surface area (Å²) in [6.07, 6.45) is 1.99. The second-order valence-electron chi connectivity index (χ2n) is 9.09. The lowest BCUT2D eigenvalue weighted by Crippen LogP contribution is -2.51. The van der Waals surface area contributed by atoms with Gasteiger partial charge in [-0.15, -0.1) is 0 Å². The number of carbonyl (C=O) groups is 1. The maximum absolute atomic E-state index is 13.3. The van der Waals surface area contributed by atoms with E-state index in [-0.39, 0.29) is 29.7 Å². The highest BCUT2D eigenvalue weighted by Gasteiger charge is 2.32. The van der Waals surface area contributed by atoms with Gasteiger partial charge in [0.25, 0.3) is 15.9 Å². The molecule has 2 N–H and O–H groups in total. The zero-order valence-corrected chi connectivity index (χ0v) is 21.3. The number of pyridine rings is 1.